The Balaban J connectivity index is 0.000000833. The second-order valence-corrected chi connectivity index (χ2v) is 9.48. The van der Waals surface area contributed by atoms with Crippen molar-refractivity contribution in [3.8, 4) is 11.3 Å². The maximum absolute atomic E-state index is 8.20. The Kier molecular flexibility index (Phi) is 20.5. The maximum Gasteiger partial charge on any atom is 4.00 e. The minimum Gasteiger partial charge on any atom is -0.697 e. The number of ether oxygens (including phenoxy) is 1. The van der Waals surface area contributed by atoms with Crippen LogP contribution in [0.2, 0.25) is 0 Å². The first-order chi connectivity index (χ1) is 20.9. The van der Waals surface area contributed by atoms with Crippen LogP contribution >= 0.6 is 0 Å². The van der Waals surface area contributed by atoms with Gasteiger partial charge in [0.1, 0.15) is 5.76 Å². The number of aromatic nitrogens is 3. The van der Waals surface area contributed by atoms with E-state index in [9.17, 15) is 0 Å². The molecule has 0 fully saturated rings. The molecule has 0 spiro atoms. The minimum absolute atomic E-state index is 0. The topological polar surface area (TPSA) is 71.7 Å². The van der Waals surface area contributed by atoms with E-state index in [1.807, 2.05) is 73.7 Å². The van der Waals surface area contributed by atoms with E-state index >= 15 is 0 Å². The normalized spacial score (nSPS) is 11.2. The molecule has 0 atom stereocenters. The second-order valence-electron chi connectivity index (χ2n) is 9.48. The van der Waals surface area contributed by atoms with E-state index in [1.165, 1.54) is 11.1 Å². The summed E-state index contributed by atoms with van der Waals surface area (Å²) < 4.78 is 5.50. The van der Waals surface area contributed by atoms with E-state index in [4.69, 9.17) is 10.5 Å². The number of hydrogen-bond acceptors (Lipinski definition) is 4. The third-order valence-corrected chi connectivity index (χ3v) is 6.11. The molecule has 0 bridgehead atoms. The summed E-state index contributed by atoms with van der Waals surface area (Å²) in [5.41, 5.74) is 16.3. The Morgan fingerprint density at radius 1 is 0.935 bits per heavy atom. The van der Waals surface area contributed by atoms with E-state index in [0.29, 0.717) is 30.2 Å². The Morgan fingerprint density at radius 3 is 2.20 bits per heavy atom. The average Bonchev–Trinajstić information content (AvgIpc) is 3.04. The van der Waals surface area contributed by atoms with E-state index in [1.54, 1.807) is 36.8 Å². The van der Waals surface area contributed by atoms with Gasteiger partial charge < -0.3 is 25.3 Å². The van der Waals surface area contributed by atoms with Crippen LogP contribution in [-0.2, 0) is 30.9 Å². The number of nitrogens with zero attached hydrogens (tertiary/aromatic N) is 3. The maximum atomic E-state index is 8.20. The van der Waals surface area contributed by atoms with Crippen LogP contribution in [0.1, 0.15) is 36.4 Å². The molecule has 4 aromatic rings. The van der Waals surface area contributed by atoms with E-state index in [0.717, 1.165) is 28.1 Å². The smallest absolute Gasteiger partial charge is 0.697 e. The average molecular weight is 787 g/mol. The molecule has 3 aromatic heterocycles. The monoisotopic (exact) mass is 788 g/mol. The van der Waals surface area contributed by atoms with Crippen LogP contribution < -0.4 is 0 Å². The molecule has 0 amide bonds. The van der Waals surface area contributed by atoms with Crippen LogP contribution in [0.3, 0.4) is 0 Å². The van der Waals surface area contributed by atoms with Crippen LogP contribution in [-0.4, -0.2) is 21.6 Å². The fourth-order valence-corrected chi connectivity index (χ4v) is 3.95. The number of hydrogen-bond donors (Lipinski definition) is 0. The Morgan fingerprint density at radius 2 is 1.61 bits per heavy atom. The van der Waals surface area contributed by atoms with Crippen molar-refractivity contribution in [2.24, 2.45) is 0 Å². The Labute approximate surface area is 290 Å². The Hall–Kier alpha value is -4.65. The van der Waals surface area contributed by atoms with Gasteiger partial charge in [0.25, 0.3) is 0 Å². The third-order valence-electron chi connectivity index (χ3n) is 6.11. The van der Waals surface area contributed by atoms with Gasteiger partial charge in [0.15, 0.2) is 0 Å². The zero-order valence-electron chi connectivity index (χ0n) is 27.5. The molecule has 0 aliphatic rings. The van der Waals surface area contributed by atoms with Crippen LogP contribution in [0.5, 0.6) is 0 Å². The molecule has 0 aliphatic heterocycles. The molecule has 238 valence electrons. The van der Waals surface area contributed by atoms with Crippen molar-refractivity contribution in [3.63, 3.8) is 0 Å². The number of aryl methyl sites for hydroxylation is 1. The number of pyridine rings is 3. The van der Waals surface area contributed by atoms with Gasteiger partial charge in [0.2, 0.25) is 0 Å². The van der Waals surface area contributed by atoms with Gasteiger partial charge in [-0.25, -0.2) is 0 Å². The Bertz CT molecular complexity index is 1590. The SMILES string of the molecule is C=C(OCC)C(/C=C(\[NH-])c1ccccn1)=C/Cc1ccccn1.C=C/C=C\C=C(/C)c1[c-]c(-c2ccccn2)cc(C)c1.[CH3-].[CH3-].[Os+4]. The van der Waals surface area contributed by atoms with Gasteiger partial charge in [0.05, 0.1) is 6.61 Å². The van der Waals surface area contributed by atoms with Gasteiger partial charge in [-0.05, 0) is 37.3 Å². The van der Waals surface area contributed by atoms with Crippen molar-refractivity contribution in [2.45, 2.75) is 27.2 Å². The number of rotatable bonds is 11. The predicted molar refractivity (Wildman–Crippen MR) is 192 cm³/mol. The summed E-state index contributed by atoms with van der Waals surface area (Å²) in [5, 5.41) is 0. The van der Waals surface area contributed by atoms with Crippen molar-refractivity contribution in [1.82, 2.24) is 15.0 Å². The van der Waals surface area contributed by atoms with Crippen LogP contribution in [0, 0.1) is 27.8 Å². The molecule has 0 aliphatic carbocycles. The van der Waals surface area contributed by atoms with E-state index < -0.39 is 0 Å². The van der Waals surface area contributed by atoms with Crippen LogP contribution in [0.25, 0.3) is 28.3 Å². The number of allylic oxidation sites excluding steroid dienone is 7. The van der Waals surface area contributed by atoms with Gasteiger partial charge in [-0.2, -0.15) is 0 Å². The van der Waals surface area contributed by atoms with E-state index in [-0.39, 0.29) is 34.6 Å². The molecule has 46 heavy (non-hydrogen) atoms. The molecule has 0 radical (unpaired) electrons. The summed E-state index contributed by atoms with van der Waals surface area (Å²) in [4.78, 5) is 12.9. The molecule has 0 saturated carbocycles. The number of benzene rings is 1. The molecule has 0 unspecified atom stereocenters. The molecular formula is C40H44N4OOs. The molecule has 1 aromatic carbocycles. The standard InChI is InChI=1S/C19H20N3O.C19H18N.2CH3.Os/c1-3-23-15(2)16(10-11-17-8-4-6-12-21-17)14-18(20)19-9-5-7-13-22-19;1-4-5-6-9-16(3)17-12-15(2)13-18(14-17)19-10-7-8-11-20-19;;;/h4-10,12-14,20H,2-3,11H2,1H3;4-13H,1H2,2-3H3;2*1H3;/q4*-1;+4/b16-10+,18-14-;6-5-,16-9+;;;. The summed E-state index contributed by atoms with van der Waals surface area (Å²) >= 11 is 0. The van der Waals surface area contributed by atoms with Crippen molar-refractivity contribution in [3.05, 3.63) is 195 Å². The number of nitrogens with one attached hydrogen (secondary N) is 1. The predicted octanol–water partition coefficient (Wildman–Crippen LogP) is 10.5. The first kappa shape index (κ1) is 41.3. The summed E-state index contributed by atoms with van der Waals surface area (Å²) in [6.45, 7) is 14.2. The van der Waals surface area contributed by atoms with Crippen LogP contribution in [0.4, 0.5) is 0 Å². The summed E-state index contributed by atoms with van der Waals surface area (Å²) in [6, 6.07) is 24.9. The van der Waals surface area contributed by atoms with Gasteiger partial charge in [-0.3, -0.25) is 15.0 Å². The molecule has 0 saturated heterocycles. The van der Waals surface area contributed by atoms with Crippen molar-refractivity contribution < 1.29 is 24.5 Å². The second kappa shape index (κ2) is 22.8. The zero-order valence-corrected chi connectivity index (χ0v) is 30.0. The fraction of sp³-hybridized carbons (Fsp3) is 0.125. The summed E-state index contributed by atoms with van der Waals surface area (Å²) in [5.74, 6) is 0.545. The molecule has 1 N–H and O–H groups in total. The van der Waals surface area contributed by atoms with Gasteiger partial charge >= 0.3 is 19.8 Å². The molecule has 4 rings (SSSR count). The van der Waals surface area contributed by atoms with Gasteiger partial charge in [-0.1, -0.05) is 93.3 Å². The quantitative estimate of drug-likeness (QED) is 0.0862. The minimum atomic E-state index is 0. The van der Waals surface area contributed by atoms with Gasteiger partial charge in [-0.15, -0.1) is 40.6 Å². The molecular weight excluding hydrogens is 743 g/mol. The molecule has 3 heterocycles. The van der Waals surface area contributed by atoms with Crippen molar-refractivity contribution in [1.29, 1.82) is 0 Å². The van der Waals surface area contributed by atoms with Crippen molar-refractivity contribution in [2.75, 3.05) is 6.61 Å². The summed E-state index contributed by atoms with van der Waals surface area (Å²) in [6.07, 6.45) is 17.3. The largest absolute Gasteiger partial charge is 4.00 e. The van der Waals surface area contributed by atoms with Gasteiger partial charge in [0, 0.05) is 47.7 Å². The first-order valence-electron chi connectivity index (χ1n) is 14.1. The first-order valence-corrected chi connectivity index (χ1v) is 14.1. The van der Waals surface area contributed by atoms with Crippen molar-refractivity contribution >= 4 is 11.3 Å². The molecule has 6 heteroatoms. The fourth-order valence-electron chi connectivity index (χ4n) is 3.95. The zero-order chi connectivity index (χ0) is 30.9. The summed E-state index contributed by atoms with van der Waals surface area (Å²) in [7, 11) is 0. The molecule has 5 nitrogen and oxygen atoms in total. The van der Waals surface area contributed by atoms with E-state index in [2.05, 4.69) is 66.2 Å². The third kappa shape index (κ3) is 14.0. The van der Waals surface area contributed by atoms with Crippen LogP contribution in [0.15, 0.2) is 146 Å².